The number of ether oxygens (including phenoxy) is 1. The summed E-state index contributed by atoms with van der Waals surface area (Å²) in [5, 5.41) is 1.83. The van der Waals surface area contributed by atoms with Gasteiger partial charge in [0.15, 0.2) is 0 Å². The molecule has 42 heavy (non-hydrogen) atoms. The Bertz CT molecular complexity index is 1620. The van der Waals surface area contributed by atoms with Gasteiger partial charge in [-0.2, -0.15) is 0 Å². The van der Waals surface area contributed by atoms with E-state index in [-0.39, 0.29) is 36.3 Å². The Morgan fingerprint density at radius 2 is 1.26 bits per heavy atom. The summed E-state index contributed by atoms with van der Waals surface area (Å²) < 4.78 is 32.6. The molecule has 0 saturated carbocycles. The van der Waals surface area contributed by atoms with Gasteiger partial charge < -0.3 is 4.74 Å². The summed E-state index contributed by atoms with van der Waals surface area (Å²) in [6.07, 6.45) is 1.82. The van der Waals surface area contributed by atoms with Crippen molar-refractivity contribution >= 4 is 75.3 Å². The number of fused-ring (bicyclic) bond motifs is 2. The van der Waals surface area contributed by atoms with Crippen LogP contribution < -0.4 is 22.1 Å². The molecule has 2 heterocycles. The molecule has 0 saturated heterocycles. The van der Waals surface area contributed by atoms with Crippen molar-refractivity contribution in [1.29, 1.82) is 0 Å². The summed E-state index contributed by atoms with van der Waals surface area (Å²) in [5.41, 5.74) is 6.99. The minimum absolute atomic E-state index is 0. The molecule has 0 radical (unpaired) electrons. The van der Waals surface area contributed by atoms with Crippen molar-refractivity contribution in [3.63, 3.8) is 0 Å². The fraction of sp³-hybridized carbons (Fsp3) is 0.222. The highest BCUT2D eigenvalue weighted by atomic mass is 35.5. The zero-order chi connectivity index (χ0) is 30.3. The van der Waals surface area contributed by atoms with Gasteiger partial charge in [-0.05, 0) is 68.3 Å². The summed E-state index contributed by atoms with van der Waals surface area (Å²) in [5.74, 6) is 3.02. The predicted molar refractivity (Wildman–Crippen MR) is 158 cm³/mol. The van der Waals surface area contributed by atoms with Crippen LogP contribution in [0, 0.1) is 11.6 Å². The van der Waals surface area contributed by atoms with Gasteiger partial charge in [0.1, 0.15) is 28.3 Å². The van der Waals surface area contributed by atoms with Crippen LogP contribution in [-0.4, -0.2) is 33.5 Å². The average molecular weight is 644 g/mol. The van der Waals surface area contributed by atoms with Gasteiger partial charge in [-0.3, -0.25) is 30.4 Å². The maximum Gasteiger partial charge on any atom is 0.426 e. The molecule has 0 atom stereocenters. The van der Waals surface area contributed by atoms with Gasteiger partial charge in [-0.1, -0.05) is 23.2 Å². The molecule has 2 aromatic heterocycles. The molecular weight excluding hydrogens is 617 g/mol. The lowest BCUT2D eigenvalue weighted by atomic mass is 10.1. The summed E-state index contributed by atoms with van der Waals surface area (Å²) in [6, 6.07) is 8.91. The third-order valence-corrected chi connectivity index (χ3v) is 5.53. The van der Waals surface area contributed by atoms with Gasteiger partial charge in [-0.25, -0.2) is 24.8 Å². The van der Waals surface area contributed by atoms with Gasteiger partial charge >= 0.3 is 6.09 Å². The first kappa shape index (κ1) is 34.4. The standard InChI is InChI=1S/C16H17ClFN3O3.C11H9ClFN3O.ClH/c1-16(2,3)24-15(23)21-20-13(22)6-9-4-10-7-11(17)8-19-14(10)12(18)5-9;12-8-4-7-1-6(3-10(17)16-14)2-9(13)11(7)15-5-8;/h4-5,7-8H,6H2,1-3H3,(H,20,22)(H,21,23);1-2,4-5H,3,14H2,(H,16,17);1H. The van der Waals surface area contributed by atoms with Crippen molar-refractivity contribution in [2.75, 3.05) is 0 Å². The van der Waals surface area contributed by atoms with Crippen LogP contribution in [0.3, 0.4) is 0 Å². The lowest BCUT2D eigenvalue weighted by molar-refractivity contribution is -0.121. The fourth-order valence-corrected chi connectivity index (χ4v) is 3.90. The van der Waals surface area contributed by atoms with E-state index in [2.05, 4.69) is 20.8 Å². The Hall–Kier alpha value is -3.84. The smallest absolute Gasteiger partial charge is 0.426 e. The van der Waals surface area contributed by atoms with E-state index in [1.54, 1.807) is 45.0 Å². The van der Waals surface area contributed by atoms with E-state index in [4.69, 9.17) is 33.8 Å². The molecule has 0 spiro atoms. The predicted octanol–water partition coefficient (Wildman–Crippen LogP) is 5.11. The molecule has 2 aromatic carbocycles. The summed E-state index contributed by atoms with van der Waals surface area (Å²) >= 11 is 11.6. The van der Waals surface area contributed by atoms with Crippen molar-refractivity contribution in [3.05, 3.63) is 81.6 Å². The molecule has 0 aliphatic carbocycles. The van der Waals surface area contributed by atoms with Crippen LogP contribution in [0.4, 0.5) is 13.6 Å². The second-order valence-electron chi connectivity index (χ2n) is 9.70. The molecule has 0 fully saturated rings. The van der Waals surface area contributed by atoms with Gasteiger partial charge in [-0.15, -0.1) is 12.4 Å². The van der Waals surface area contributed by atoms with E-state index in [1.165, 1.54) is 24.5 Å². The number of nitrogens with two attached hydrogens (primary N) is 1. The van der Waals surface area contributed by atoms with Crippen LogP contribution in [0.1, 0.15) is 31.9 Å². The van der Waals surface area contributed by atoms with Crippen LogP contribution in [0.15, 0.2) is 48.8 Å². The SMILES string of the molecule is CC(C)(C)OC(=O)NNC(=O)Cc1cc(F)c2ncc(Cl)cc2c1.Cl.NNC(=O)Cc1cc(F)c2ncc(Cl)cc2c1. The number of amides is 3. The van der Waals surface area contributed by atoms with E-state index in [0.717, 1.165) is 0 Å². The van der Waals surface area contributed by atoms with E-state index in [9.17, 15) is 23.2 Å². The van der Waals surface area contributed by atoms with Crippen LogP contribution in [0.5, 0.6) is 0 Å². The summed E-state index contributed by atoms with van der Waals surface area (Å²) in [4.78, 5) is 42.2. The number of benzene rings is 2. The summed E-state index contributed by atoms with van der Waals surface area (Å²) in [7, 11) is 0. The molecule has 0 aliphatic heterocycles. The molecule has 15 heteroatoms. The topological polar surface area (TPSA) is 148 Å². The third kappa shape index (κ3) is 10.2. The van der Waals surface area contributed by atoms with Crippen LogP contribution >= 0.6 is 35.6 Å². The Kier molecular flexibility index (Phi) is 12.2. The second kappa shape index (κ2) is 14.9. The molecular formula is C27H27Cl3F2N6O4. The number of carbonyl (C=O) groups is 3. The lowest BCUT2D eigenvalue weighted by Crippen LogP contribution is -2.44. The van der Waals surface area contributed by atoms with Crippen molar-refractivity contribution in [2.45, 2.75) is 39.2 Å². The van der Waals surface area contributed by atoms with E-state index >= 15 is 0 Å². The maximum atomic E-state index is 14.0. The molecule has 0 unspecified atom stereocenters. The van der Waals surface area contributed by atoms with Crippen LogP contribution in [0.2, 0.25) is 10.0 Å². The first-order chi connectivity index (χ1) is 19.2. The Morgan fingerprint density at radius 3 is 1.69 bits per heavy atom. The number of rotatable bonds is 4. The Labute approximate surface area is 255 Å². The molecule has 5 N–H and O–H groups in total. The van der Waals surface area contributed by atoms with Crippen molar-refractivity contribution < 1.29 is 27.9 Å². The normalized spacial score (nSPS) is 10.7. The number of nitrogens with zero attached hydrogens (tertiary/aromatic N) is 2. The Morgan fingerprint density at radius 1 is 0.810 bits per heavy atom. The van der Waals surface area contributed by atoms with Crippen molar-refractivity contribution in [3.8, 4) is 0 Å². The fourth-order valence-electron chi connectivity index (χ4n) is 3.57. The molecule has 224 valence electrons. The summed E-state index contributed by atoms with van der Waals surface area (Å²) in [6.45, 7) is 5.10. The second-order valence-corrected chi connectivity index (χ2v) is 10.6. The van der Waals surface area contributed by atoms with E-state index in [0.29, 0.717) is 31.9 Å². The first-order valence-electron chi connectivity index (χ1n) is 12.0. The number of nitrogens with one attached hydrogen (secondary N) is 3. The highest BCUT2D eigenvalue weighted by Crippen LogP contribution is 2.23. The third-order valence-electron chi connectivity index (χ3n) is 5.12. The number of hydrogen-bond donors (Lipinski definition) is 4. The number of hydrazine groups is 2. The van der Waals surface area contributed by atoms with Crippen LogP contribution in [-0.2, 0) is 27.2 Å². The van der Waals surface area contributed by atoms with Crippen LogP contribution in [0.25, 0.3) is 21.8 Å². The maximum absolute atomic E-state index is 14.0. The largest absolute Gasteiger partial charge is 0.443 e. The minimum Gasteiger partial charge on any atom is -0.443 e. The highest BCUT2D eigenvalue weighted by molar-refractivity contribution is 6.31. The highest BCUT2D eigenvalue weighted by Gasteiger charge is 2.17. The molecule has 10 nitrogen and oxygen atoms in total. The van der Waals surface area contributed by atoms with Crippen molar-refractivity contribution in [2.24, 2.45) is 5.84 Å². The van der Waals surface area contributed by atoms with E-state index < -0.39 is 35.1 Å². The number of carbonyl (C=O) groups excluding carboxylic acids is 3. The number of hydrogen-bond acceptors (Lipinski definition) is 7. The minimum atomic E-state index is -0.781. The Balaban J connectivity index is 0.000000302. The van der Waals surface area contributed by atoms with Gasteiger partial charge in [0.2, 0.25) is 11.8 Å². The number of pyridine rings is 2. The first-order valence-corrected chi connectivity index (χ1v) is 12.7. The van der Waals surface area contributed by atoms with Gasteiger partial charge in [0.25, 0.3) is 0 Å². The average Bonchev–Trinajstić information content (AvgIpc) is 2.86. The zero-order valence-electron chi connectivity index (χ0n) is 22.6. The number of halogens is 5. The molecule has 0 aliphatic rings. The lowest BCUT2D eigenvalue weighted by Gasteiger charge is -2.19. The molecule has 4 rings (SSSR count). The molecule has 3 amide bonds. The van der Waals surface area contributed by atoms with Crippen molar-refractivity contribution in [1.82, 2.24) is 26.2 Å². The molecule has 0 bridgehead atoms. The van der Waals surface area contributed by atoms with E-state index in [1.807, 2.05) is 5.43 Å². The van der Waals surface area contributed by atoms with Gasteiger partial charge in [0, 0.05) is 23.2 Å². The monoisotopic (exact) mass is 642 g/mol. The number of aromatic nitrogens is 2. The zero-order valence-corrected chi connectivity index (χ0v) is 24.9. The molecule has 4 aromatic rings. The quantitative estimate of drug-likeness (QED) is 0.137. The van der Waals surface area contributed by atoms with Gasteiger partial charge in [0.05, 0.1) is 22.9 Å².